The Morgan fingerprint density at radius 1 is 1.06 bits per heavy atom. The summed E-state index contributed by atoms with van der Waals surface area (Å²) in [6, 6.07) is 17.9. The Kier molecular flexibility index (Phi) is 4.89. The van der Waals surface area contributed by atoms with E-state index in [9.17, 15) is 8.42 Å². The van der Waals surface area contributed by atoms with Gasteiger partial charge in [0.1, 0.15) is 12.1 Å². The molecule has 6 aromatic rings. The average Bonchev–Trinajstić information content (AvgIpc) is 3.63. The number of hydrogen-bond acceptors (Lipinski definition) is 7. The first-order chi connectivity index (χ1) is 17.0. The van der Waals surface area contributed by atoms with Crippen molar-refractivity contribution in [3.63, 3.8) is 0 Å². The minimum absolute atomic E-state index is 0.247. The van der Waals surface area contributed by atoms with Gasteiger partial charge in [-0.05, 0) is 55.0 Å². The molecule has 1 N–H and O–H groups in total. The van der Waals surface area contributed by atoms with Crippen LogP contribution in [0.1, 0.15) is 11.3 Å². The zero-order valence-corrected chi connectivity index (χ0v) is 19.5. The van der Waals surface area contributed by atoms with Crippen molar-refractivity contribution >= 4 is 32.5 Å². The first kappa shape index (κ1) is 21.1. The summed E-state index contributed by atoms with van der Waals surface area (Å²) in [7, 11) is -3.71. The minimum Gasteiger partial charge on any atom is -0.467 e. The smallest absolute Gasteiger partial charge is 0.268 e. The first-order valence-electron chi connectivity index (χ1n) is 10.9. The molecule has 0 saturated heterocycles. The topological polar surface area (TPSA) is 107 Å². The van der Waals surface area contributed by atoms with Crippen molar-refractivity contribution in [2.45, 2.75) is 18.4 Å². The highest BCUT2D eigenvalue weighted by molar-refractivity contribution is 7.90. The molecular weight excluding hydrogens is 464 g/mol. The van der Waals surface area contributed by atoms with E-state index in [-0.39, 0.29) is 4.90 Å². The van der Waals surface area contributed by atoms with Gasteiger partial charge in [-0.1, -0.05) is 23.8 Å². The van der Waals surface area contributed by atoms with Crippen molar-refractivity contribution in [3.05, 3.63) is 97.0 Å². The Hall–Kier alpha value is -4.44. The average molecular weight is 485 g/mol. The third-order valence-electron chi connectivity index (χ3n) is 5.88. The number of nitrogens with one attached hydrogen (secondary N) is 1. The summed E-state index contributed by atoms with van der Waals surface area (Å²) in [6.45, 7) is 2.40. The predicted octanol–water partition coefficient (Wildman–Crippen LogP) is 4.50. The molecule has 174 valence electrons. The van der Waals surface area contributed by atoms with Gasteiger partial charge in [0.15, 0.2) is 5.65 Å². The summed E-state index contributed by atoms with van der Waals surface area (Å²) in [5.41, 5.74) is 3.86. The van der Waals surface area contributed by atoms with Crippen LogP contribution in [-0.2, 0) is 16.6 Å². The molecule has 0 radical (unpaired) electrons. The van der Waals surface area contributed by atoms with Gasteiger partial charge in [-0.3, -0.25) is 4.40 Å². The van der Waals surface area contributed by atoms with Gasteiger partial charge in [-0.25, -0.2) is 17.4 Å². The second-order valence-electron chi connectivity index (χ2n) is 8.16. The lowest BCUT2D eigenvalue weighted by Gasteiger charge is -2.10. The van der Waals surface area contributed by atoms with Crippen molar-refractivity contribution in [2.24, 2.45) is 0 Å². The van der Waals surface area contributed by atoms with Crippen molar-refractivity contribution in [1.29, 1.82) is 0 Å². The van der Waals surface area contributed by atoms with E-state index >= 15 is 0 Å². The summed E-state index contributed by atoms with van der Waals surface area (Å²) < 4.78 is 34.9. The Morgan fingerprint density at radius 2 is 1.91 bits per heavy atom. The van der Waals surface area contributed by atoms with Gasteiger partial charge in [-0.2, -0.15) is 0 Å². The predicted molar refractivity (Wildman–Crippen MR) is 132 cm³/mol. The van der Waals surface area contributed by atoms with Gasteiger partial charge in [0.05, 0.1) is 23.2 Å². The number of fused-ring (bicyclic) bond motifs is 2. The van der Waals surface area contributed by atoms with Gasteiger partial charge in [0, 0.05) is 23.3 Å². The Bertz CT molecular complexity index is 1770. The van der Waals surface area contributed by atoms with Crippen LogP contribution in [-0.4, -0.2) is 32.0 Å². The number of furan rings is 1. The molecule has 0 aliphatic rings. The summed E-state index contributed by atoms with van der Waals surface area (Å²) in [6.07, 6.45) is 6.53. The Morgan fingerprint density at radius 3 is 2.71 bits per heavy atom. The van der Waals surface area contributed by atoms with Crippen molar-refractivity contribution in [3.8, 4) is 11.1 Å². The van der Waals surface area contributed by atoms with E-state index in [1.54, 1.807) is 65.8 Å². The van der Waals surface area contributed by atoms with Gasteiger partial charge < -0.3 is 9.73 Å². The van der Waals surface area contributed by atoms with Gasteiger partial charge in [0.2, 0.25) is 5.95 Å². The lowest BCUT2D eigenvalue weighted by Crippen LogP contribution is -2.11. The SMILES string of the molecule is Cc1ccc(S(=O)(=O)n2ccc3cc(-c4cnc(NCc5ccco5)n5cnnc45)ccc32)cc1. The van der Waals surface area contributed by atoms with Crippen LogP contribution in [0.15, 0.2) is 95.0 Å². The molecule has 0 aliphatic carbocycles. The van der Waals surface area contributed by atoms with E-state index in [0.29, 0.717) is 23.7 Å². The van der Waals surface area contributed by atoms with E-state index in [4.69, 9.17) is 4.42 Å². The van der Waals surface area contributed by atoms with E-state index in [0.717, 1.165) is 27.8 Å². The largest absolute Gasteiger partial charge is 0.467 e. The zero-order chi connectivity index (χ0) is 24.0. The quantitative estimate of drug-likeness (QED) is 0.371. The van der Waals surface area contributed by atoms with Crippen LogP contribution in [0.2, 0.25) is 0 Å². The third-order valence-corrected chi connectivity index (χ3v) is 7.58. The first-order valence-corrected chi connectivity index (χ1v) is 12.3. The molecule has 0 spiro atoms. The van der Waals surface area contributed by atoms with Crippen LogP contribution in [0.5, 0.6) is 0 Å². The van der Waals surface area contributed by atoms with Crippen LogP contribution in [0.25, 0.3) is 27.7 Å². The van der Waals surface area contributed by atoms with Gasteiger partial charge in [0.25, 0.3) is 10.0 Å². The molecule has 2 aromatic carbocycles. The molecule has 35 heavy (non-hydrogen) atoms. The number of benzene rings is 2. The summed E-state index contributed by atoms with van der Waals surface area (Å²) in [5.74, 6) is 1.37. The normalized spacial score (nSPS) is 11.9. The fourth-order valence-electron chi connectivity index (χ4n) is 4.05. The number of anilines is 1. The molecule has 6 rings (SSSR count). The van der Waals surface area contributed by atoms with Crippen LogP contribution in [0.4, 0.5) is 5.95 Å². The molecule has 0 aliphatic heterocycles. The van der Waals surface area contributed by atoms with E-state index in [2.05, 4.69) is 20.5 Å². The fraction of sp³-hybridized carbons (Fsp3) is 0.0800. The van der Waals surface area contributed by atoms with Gasteiger partial charge >= 0.3 is 0 Å². The summed E-state index contributed by atoms with van der Waals surface area (Å²) in [4.78, 5) is 4.80. The summed E-state index contributed by atoms with van der Waals surface area (Å²) >= 11 is 0. The molecule has 0 unspecified atom stereocenters. The molecule has 10 heteroatoms. The molecule has 0 fully saturated rings. The molecule has 0 atom stereocenters. The molecule has 0 amide bonds. The van der Waals surface area contributed by atoms with Gasteiger partial charge in [-0.15, -0.1) is 10.2 Å². The van der Waals surface area contributed by atoms with Crippen LogP contribution in [0, 0.1) is 6.92 Å². The monoisotopic (exact) mass is 484 g/mol. The molecule has 0 bridgehead atoms. The highest BCUT2D eigenvalue weighted by Gasteiger charge is 2.19. The Balaban J connectivity index is 1.37. The van der Waals surface area contributed by atoms with Crippen molar-refractivity contribution < 1.29 is 12.8 Å². The van der Waals surface area contributed by atoms with Crippen molar-refractivity contribution in [1.82, 2.24) is 23.6 Å². The molecule has 4 aromatic heterocycles. The fourth-order valence-corrected chi connectivity index (χ4v) is 5.40. The maximum Gasteiger partial charge on any atom is 0.268 e. The second-order valence-corrected chi connectivity index (χ2v) is 9.97. The molecule has 0 saturated carbocycles. The number of aromatic nitrogens is 5. The maximum atomic E-state index is 13.2. The molecular formula is C25H20N6O3S. The maximum absolute atomic E-state index is 13.2. The van der Waals surface area contributed by atoms with E-state index in [1.807, 2.05) is 31.2 Å². The number of aryl methyl sites for hydroxylation is 1. The standard InChI is InChI=1S/C25H20N6O3S/c1-17-4-7-21(8-5-17)35(32,33)31-11-10-19-13-18(6-9-23(19)31)22-15-27-25(30-16-28-29-24(22)30)26-14-20-3-2-12-34-20/h2-13,15-16H,14H2,1H3,(H,26,27). The lowest BCUT2D eigenvalue weighted by molar-refractivity contribution is 0.517. The summed E-state index contributed by atoms with van der Waals surface area (Å²) in [5, 5.41) is 12.4. The minimum atomic E-state index is -3.71. The third kappa shape index (κ3) is 3.64. The number of hydrogen-bond donors (Lipinski definition) is 1. The second kappa shape index (κ2) is 8.10. The molecule has 4 heterocycles. The van der Waals surface area contributed by atoms with Crippen LogP contribution < -0.4 is 5.32 Å². The van der Waals surface area contributed by atoms with E-state index in [1.165, 1.54) is 3.97 Å². The highest BCUT2D eigenvalue weighted by atomic mass is 32.2. The number of nitrogens with zero attached hydrogens (tertiary/aromatic N) is 5. The molecule has 9 nitrogen and oxygen atoms in total. The lowest BCUT2D eigenvalue weighted by atomic mass is 10.1. The Labute approximate surface area is 200 Å². The highest BCUT2D eigenvalue weighted by Crippen LogP contribution is 2.30. The van der Waals surface area contributed by atoms with Crippen LogP contribution in [0.3, 0.4) is 0 Å². The zero-order valence-electron chi connectivity index (χ0n) is 18.7. The number of rotatable bonds is 6. The van der Waals surface area contributed by atoms with Crippen LogP contribution >= 0.6 is 0 Å². The van der Waals surface area contributed by atoms with E-state index < -0.39 is 10.0 Å². The van der Waals surface area contributed by atoms with Crippen molar-refractivity contribution in [2.75, 3.05) is 5.32 Å².